The molecule has 108 valence electrons. The number of carboxylic acid groups (broad SMARTS) is 1. The smallest absolute Gasteiger partial charge is 0.307 e. The normalized spacial score (nSPS) is 25.4. The standard InChI is InChI=1S/C15H20N2O3/c1-3-10-7-12(13(8-10)15(19)20)14(18)17-11-4-5-16-9(2)6-11/h4-6,10,12-13H,3,7-8H2,1-2H3,(H,19,20)(H,16,17,18). The van der Waals surface area contributed by atoms with Crippen LogP contribution in [0.2, 0.25) is 0 Å². The molecule has 1 aliphatic rings. The van der Waals surface area contributed by atoms with Crippen molar-refractivity contribution in [3.05, 3.63) is 24.0 Å². The lowest BCUT2D eigenvalue weighted by atomic mass is 9.95. The van der Waals surface area contributed by atoms with E-state index in [-0.39, 0.29) is 5.91 Å². The molecule has 0 aromatic carbocycles. The highest BCUT2D eigenvalue weighted by atomic mass is 16.4. The molecule has 0 saturated heterocycles. The van der Waals surface area contributed by atoms with Crippen molar-refractivity contribution in [3.8, 4) is 0 Å². The lowest BCUT2D eigenvalue weighted by Crippen LogP contribution is -2.30. The number of carboxylic acids is 1. The average molecular weight is 276 g/mol. The van der Waals surface area contributed by atoms with Crippen LogP contribution < -0.4 is 5.32 Å². The van der Waals surface area contributed by atoms with Gasteiger partial charge in [-0.15, -0.1) is 0 Å². The topological polar surface area (TPSA) is 79.3 Å². The summed E-state index contributed by atoms with van der Waals surface area (Å²) in [4.78, 5) is 27.7. The van der Waals surface area contributed by atoms with E-state index in [9.17, 15) is 14.7 Å². The molecule has 1 aromatic rings. The van der Waals surface area contributed by atoms with Crippen LogP contribution in [0.15, 0.2) is 18.3 Å². The quantitative estimate of drug-likeness (QED) is 0.885. The van der Waals surface area contributed by atoms with E-state index in [1.807, 2.05) is 13.8 Å². The van der Waals surface area contributed by atoms with Gasteiger partial charge in [-0.3, -0.25) is 14.6 Å². The van der Waals surface area contributed by atoms with Crippen molar-refractivity contribution in [1.82, 2.24) is 4.98 Å². The molecule has 1 saturated carbocycles. The number of hydrogen-bond acceptors (Lipinski definition) is 3. The van der Waals surface area contributed by atoms with E-state index in [4.69, 9.17) is 0 Å². The van der Waals surface area contributed by atoms with Gasteiger partial charge in [0.1, 0.15) is 0 Å². The molecule has 1 amide bonds. The number of amides is 1. The first-order chi connectivity index (χ1) is 9.51. The van der Waals surface area contributed by atoms with Gasteiger partial charge in [0.25, 0.3) is 0 Å². The molecule has 1 aliphatic carbocycles. The molecule has 1 aromatic heterocycles. The molecular weight excluding hydrogens is 256 g/mol. The van der Waals surface area contributed by atoms with Gasteiger partial charge in [-0.25, -0.2) is 0 Å². The lowest BCUT2D eigenvalue weighted by molar-refractivity contribution is -0.145. The molecule has 0 bridgehead atoms. The maximum atomic E-state index is 12.3. The fourth-order valence-corrected chi connectivity index (χ4v) is 2.90. The van der Waals surface area contributed by atoms with Gasteiger partial charge in [-0.05, 0) is 37.8 Å². The molecule has 3 unspecified atom stereocenters. The number of carbonyl (C=O) groups is 2. The molecule has 20 heavy (non-hydrogen) atoms. The van der Waals surface area contributed by atoms with Gasteiger partial charge in [0.05, 0.1) is 11.8 Å². The second-order valence-electron chi connectivity index (χ2n) is 5.47. The Morgan fingerprint density at radius 2 is 2.10 bits per heavy atom. The summed E-state index contributed by atoms with van der Waals surface area (Å²) >= 11 is 0. The number of nitrogens with zero attached hydrogens (tertiary/aromatic N) is 1. The maximum absolute atomic E-state index is 12.3. The molecule has 2 rings (SSSR count). The van der Waals surface area contributed by atoms with Crippen LogP contribution >= 0.6 is 0 Å². The van der Waals surface area contributed by atoms with Crippen LogP contribution in [0.3, 0.4) is 0 Å². The van der Waals surface area contributed by atoms with Gasteiger partial charge in [-0.2, -0.15) is 0 Å². The Balaban J connectivity index is 2.09. The van der Waals surface area contributed by atoms with Gasteiger partial charge >= 0.3 is 5.97 Å². The predicted molar refractivity (Wildman–Crippen MR) is 75.2 cm³/mol. The first-order valence-electron chi connectivity index (χ1n) is 6.97. The summed E-state index contributed by atoms with van der Waals surface area (Å²) in [6.45, 7) is 3.88. The number of nitrogens with one attached hydrogen (secondary N) is 1. The second-order valence-corrected chi connectivity index (χ2v) is 5.47. The van der Waals surface area contributed by atoms with Crippen molar-refractivity contribution in [2.75, 3.05) is 5.32 Å². The van der Waals surface area contributed by atoms with Crippen molar-refractivity contribution in [2.24, 2.45) is 17.8 Å². The molecule has 3 atom stereocenters. The predicted octanol–water partition coefficient (Wildman–Crippen LogP) is 2.47. The van der Waals surface area contributed by atoms with Crippen molar-refractivity contribution >= 4 is 17.6 Å². The van der Waals surface area contributed by atoms with Crippen molar-refractivity contribution in [2.45, 2.75) is 33.1 Å². The summed E-state index contributed by atoms with van der Waals surface area (Å²) < 4.78 is 0. The van der Waals surface area contributed by atoms with E-state index in [0.717, 1.165) is 12.1 Å². The van der Waals surface area contributed by atoms with Crippen LogP contribution in [0.25, 0.3) is 0 Å². The van der Waals surface area contributed by atoms with Gasteiger partial charge in [0.15, 0.2) is 0 Å². The molecule has 1 fully saturated rings. The van der Waals surface area contributed by atoms with Gasteiger partial charge in [0.2, 0.25) is 5.91 Å². The Morgan fingerprint density at radius 3 is 2.70 bits per heavy atom. The van der Waals surface area contributed by atoms with Crippen LogP contribution in [-0.2, 0) is 9.59 Å². The van der Waals surface area contributed by atoms with Crippen LogP contribution in [0, 0.1) is 24.7 Å². The number of carbonyl (C=O) groups excluding carboxylic acids is 1. The summed E-state index contributed by atoms with van der Waals surface area (Å²) in [5.74, 6) is -1.74. The molecule has 5 heteroatoms. The Hall–Kier alpha value is -1.91. The summed E-state index contributed by atoms with van der Waals surface area (Å²) in [6.07, 6.45) is 3.80. The summed E-state index contributed by atoms with van der Waals surface area (Å²) in [6, 6.07) is 3.49. The number of anilines is 1. The minimum Gasteiger partial charge on any atom is -0.481 e. The third-order valence-electron chi connectivity index (χ3n) is 4.06. The van der Waals surface area contributed by atoms with Crippen molar-refractivity contribution in [1.29, 1.82) is 0 Å². The first-order valence-corrected chi connectivity index (χ1v) is 6.97. The zero-order chi connectivity index (χ0) is 14.7. The minimum absolute atomic E-state index is 0.195. The zero-order valence-electron chi connectivity index (χ0n) is 11.8. The number of rotatable bonds is 4. The molecule has 2 N–H and O–H groups in total. The molecule has 1 heterocycles. The number of hydrogen-bond donors (Lipinski definition) is 2. The Bertz CT molecular complexity index is 516. The third kappa shape index (κ3) is 3.15. The molecule has 0 radical (unpaired) electrons. The van der Waals surface area contributed by atoms with Crippen molar-refractivity contribution in [3.63, 3.8) is 0 Å². The fourth-order valence-electron chi connectivity index (χ4n) is 2.90. The van der Waals surface area contributed by atoms with E-state index >= 15 is 0 Å². The molecular formula is C15H20N2O3. The number of aryl methyl sites for hydroxylation is 1. The van der Waals surface area contributed by atoms with E-state index in [0.29, 0.717) is 24.4 Å². The van der Waals surface area contributed by atoms with Gasteiger partial charge in [0, 0.05) is 17.6 Å². The van der Waals surface area contributed by atoms with E-state index in [1.54, 1.807) is 18.3 Å². The second kappa shape index (κ2) is 6.03. The monoisotopic (exact) mass is 276 g/mol. The summed E-state index contributed by atoms with van der Waals surface area (Å²) in [5, 5.41) is 12.1. The highest BCUT2D eigenvalue weighted by Gasteiger charge is 2.42. The zero-order valence-corrected chi connectivity index (χ0v) is 11.8. The van der Waals surface area contributed by atoms with Crippen LogP contribution in [0.1, 0.15) is 31.9 Å². The minimum atomic E-state index is -0.869. The highest BCUT2D eigenvalue weighted by Crippen LogP contribution is 2.39. The Labute approximate surface area is 118 Å². The summed E-state index contributed by atoms with van der Waals surface area (Å²) in [7, 11) is 0. The van der Waals surface area contributed by atoms with E-state index < -0.39 is 17.8 Å². The van der Waals surface area contributed by atoms with E-state index in [2.05, 4.69) is 10.3 Å². The van der Waals surface area contributed by atoms with Crippen LogP contribution in [0.5, 0.6) is 0 Å². The molecule has 5 nitrogen and oxygen atoms in total. The SMILES string of the molecule is CCC1CC(C(=O)O)C(C(=O)Nc2ccnc(C)c2)C1. The van der Waals surface area contributed by atoms with E-state index in [1.165, 1.54) is 0 Å². The number of pyridine rings is 1. The number of aromatic nitrogens is 1. The van der Waals surface area contributed by atoms with Gasteiger partial charge < -0.3 is 10.4 Å². The summed E-state index contributed by atoms with van der Waals surface area (Å²) in [5.41, 5.74) is 1.49. The number of aliphatic carboxylic acids is 1. The Kier molecular flexibility index (Phi) is 4.37. The van der Waals surface area contributed by atoms with Crippen LogP contribution in [0.4, 0.5) is 5.69 Å². The molecule has 0 aliphatic heterocycles. The average Bonchev–Trinajstić information content (AvgIpc) is 2.83. The first kappa shape index (κ1) is 14.5. The third-order valence-corrected chi connectivity index (χ3v) is 4.06. The fraction of sp³-hybridized carbons (Fsp3) is 0.533. The largest absolute Gasteiger partial charge is 0.481 e. The maximum Gasteiger partial charge on any atom is 0.307 e. The highest BCUT2D eigenvalue weighted by molar-refractivity contribution is 5.95. The van der Waals surface area contributed by atoms with Crippen molar-refractivity contribution < 1.29 is 14.7 Å². The molecule has 0 spiro atoms. The Morgan fingerprint density at radius 1 is 1.40 bits per heavy atom. The van der Waals surface area contributed by atoms with Gasteiger partial charge in [-0.1, -0.05) is 13.3 Å². The lowest BCUT2D eigenvalue weighted by Gasteiger charge is -2.15. The van der Waals surface area contributed by atoms with Crippen LogP contribution in [-0.4, -0.2) is 22.0 Å².